The molecule has 18 heavy (non-hydrogen) atoms. The first-order chi connectivity index (χ1) is 8.41. The predicted molar refractivity (Wildman–Crippen MR) is 64.7 cm³/mol. The Labute approximate surface area is 105 Å². The van der Waals surface area contributed by atoms with Crippen molar-refractivity contribution in [3.05, 3.63) is 29.8 Å². The molecule has 0 spiro atoms. The molecule has 0 aromatic heterocycles. The number of benzene rings is 1. The van der Waals surface area contributed by atoms with Crippen LogP contribution in [-0.2, 0) is 6.18 Å². The highest BCUT2D eigenvalue weighted by Gasteiger charge is 2.33. The highest BCUT2D eigenvalue weighted by atomic mass is 19.4. The molecule has 102 valence electrons. The summed E-state index contributed by atoms with van der Waals surface area (Å²) < 4.78 is 43.1. The molecule has 0 aliphatic heterocycles. The minimum Gasteiger partial charge on any atom is -0.493 e. The van der Waals surface area contributed by atoms with E-state index in [-0.39, 0.29) is 12.4 Å². The Balaban J connectivity index is 2.47. The molecule has 0 unspecified atom stereocenters. The molecule has 1 aromatic carbocycles. The summed E-state index contributed by atoms with van der Waals surface area (Å²) >= 11 is 0. The number of para-hydroxylation sites is 1. The molecule has 0 aliphatic rings. The quantitative estimate of drug-likeness (QED) is 0.792. The lowest BCUT2D eigenvalue weighted by atomic mass is 10.2. The summed E-state index contributed by atoms with van der Waals surface area (Å²) in [5, 5.41) is 3.17. The standard InChI is InChI=1S/C13H18F3NO/c1-10(2)17-8-5-9-18-12-7-4-3-6-11(12)13(14,15)16/h3-4,6-7,10,17H,5,8-9H2,1-2H3. The monoisotopic (exact) mass is 261 g/mol. The lowest BCUT2D eigenvalue weighted by Crippen LogP contribution is -2.25. The highest BCUT2D eigenvalue weighted by Crippen LogP contribution is 2.35. The lowest BCUT2D eigenvalue weighted by Gasteiger charge is -2.14. The first kappa shape index (κ1) is 14.8. The number of ether oxygens (including phenoxy) is 1. The Kier molecular flexibility index (Phi) is 5.47. The maximum Gasteiger partial charge on any atom is 0.419 e. The van der Waals surface area contributed by atoms with Gasteiger partial charge in [0.1, 0.15) is 5.75 Å². The van der Waals surface area contributed by atoms with Gasteiger partial charge < -0.3 is 10.1 Å². The summed E-state index contributed by atoms with van der Waals surface area (Å²) in [6.07, 6.45) is -3.70. The van der Waals surface area contributed by atoms with Gasteiger partial charge in [-0.3, -0.25) is 0 Å². The predicted octanol–water partition coefficient (Wildman–Crippen LogP) is 3.47. The zero-order chi connectivity index (χ0) is 13.6. The zero-order valence-corrected chi connectivity index (χ0v) is 10.6. The van der Waals surface area contributed by atoms with E-state index in [0.717, 1.165) is 12.6 Å². The van der Waals surface area contributed by atoms with E-state index in [4.69, 9.17) is 4.74 Å². The van der Waals surface area contributed by atoms with Crippen LogP contribution in [0.1, 0.15) is 25.8 Å². The summed E-state index contributed by atoms with van der Waals surface area (Å²) in [5.41, 5.74) is -0.721. The van der Waals surface area contributed by atoms with Gasteiger partial charge in [0.05, 0.1) is 12.2 Å². The van der Waals surface area contributed by atoms with Gasteiger partial charge in [-0.15, -0.1) is 0 Å². The van der Waals surface area contributed by atoms with Crippen LogP contribution in [0, 0.1) is 0 Å². The van der Waals surface area contributed by atoms with E-state index >= 15 is 0 Å². The fourth-order valence-corrected chi connectivity index (χ4v) is 1.47. The smallest absolute Gasteiger partial charge is 0.419 e. The van der Waals surface area contributed by atoms with Crippen LogP contribution in [-0.4, -0.2) is 19.2 Å². The molecule has 2 nitrogen and oxygen atoms in total. The average molecular weight is 261 g/mol. The summed E-state index contributed by atoms with van der Waals surface area (Å²) in [6.45, 7) is 5.03. The molecular weight excluding hydrogens is 243 g/mol. The second kappa shape index (κ2) is 6.64. The normalized spacial score (nSPS) is 11.9. The largest absolute Gasteiger partial charge is 0.493 e. The van der Waals surface area contributed by atoms with Crippen LogP contribution in [0.3, 0.4) is 0 Å². The van der Waals surface area contributed by atoms with Gasteiger partial charge in [0.25, 0.3) is 0 Å². The van der Waals surface area contributed by atoms with Crippen molar-refractivity contribution in [2.45, 2.75) is 32.5 Å². The third-order valence-electron chi connectivity index (χ3n) is 2.32. The molecule has 0 bridgehead atoms. The molecule has 0 saturated carbocycles. The number of alkyl halides is 3. The van der Waals surface area contributed by atoms with Crippen molar-refractivity contribution in [3.8, 4) is 5.75 Å². The van der Waals surface area contributed by atoms with Gasteiger partial charge in [-0.1, -0.05) is 26.0 Å². The fourth-order valence-electron chi connectivity index (χ4n) is 1.47. The molecule has 1 rings (SSSR count). The molecule has 1 aromatic rings. The van der Waals surface area contributed by atoms with Gasteiger partial charge in [-0.2, -0.15) is 13.2 Å². The third kappa shape index (κ3) is 4.96. The molecule has 0 amide bonds. The minimum absolute atomic E-state index is 0.102. The Morgan fingerprint density at radius 2 is 1.89 bits per heavy atom. The Morgan fingerprint density at radius 1 is 1.22 bits per heavy atom. The van der Waals surface area contributed by atoms with E-state index in [1.54, 1.807) is 0 Å². The van der Waals surface area contributed by atoms with Crippen LogP contribution in [0.5, 0.6) is 5.75 Å². The van der Waals surface area contributed by atoms with Gasteiger partial charge in [0, 0.05) is 6.04 Å². The Morgan fingerprint density at radius 3 is 2.50 bits per heavy atom. The number of nitrogens with one attached hydrogen (secondary N) is 1. The number of halogens is 3. The summed E-state index contributed by atoms with van der Waals surface area (Å²) in [7, 11) is 0. The van der Waals surface area contributed by atoms with Crippen molar-refractivity contribution < 1.29 is 17.9 Å². The number of rotatable bonds is 6. The number of hydrogen-bond donors (Lipinski definition) is 1. The molecular formula is C13H18F3NO. The Hall–Kier alpha value is -1.23. The summed E-state index contributed by atoms with van der Waals surface area (Å²) in [6, 6.07) is 5.64. The van der Waals surface area contributed by atoms with E-state index in [1.165, 1.54) is 18.2 Å². The maximum atomic E-state index is 12.6. The average Bonchev–Trinajstić information content (AvgIpc) is 2.27. The van der Waals surface area contributed by atoms with Gasteiger partial charge in [0.15, 0.2) is 0 Å². The van der Waals surface area contributed by atoms with E-state index in [0.29, 0.717) is 12.5 Å². The van der Waals surface area contributed by atoms with Crippen LogP contribution >= 0.6 is 0 Å². The zero-order valence-electron chi connectivity index (χ0n) is 10.6. The van der Waals surface area contributed by atoms with Gasteiger partial charge in [-0.25, -0.2) is 0 Å². The van der Waals surface area contributed by atoms with Crippen LogP contribution in [0.4, 0.5) is 13.2 Å². The molecule has 0 saturated heterocycles. The van der Waals surface area contributed by atoms with E-state index in [2.05, 4.69) is 5.32 Å². The van der Waals surface area contributed by atoms with Gasteiger partial charge in [0.2, 0.25) is 0 Å². The topological polar surface area (TPSA) is 21.3 Å². The Bertz CT molecular complexity index is 363. The molecule has 0 radical (unpaired) electrons. The summed E-state index contributed by atoms with van der Waals surface area (Å²) in [5.74, 6) is -0.102. The van der Waals surface area contributed by atoms with Crippen molar-refractivity contribution in [2.75, 3.05) is 13.2 Å². The van der Waals surface area contributed by atoms with E-state index in [1.807, 2.05) is 13.8 Å². The molecule has 0 fully saturated rings. The van der Waals surface area contributed by atoms with Crippen molar-refractivity contribution >= 4 is 0 Å². The second-order valence-corrected chi connectivity index (χ2v) is 4.30. The fraction of sp³-hybridized carbons (Fsp3) is 0.538. The highest BCUT2D eigenvalue weighted by molar-refractivity contribution is 5.35. The second-order valence-electron chi connectivity index (χ2n) is 4.30. The van der Waals surface area contributed by atoms with Crippen molar-refractivity contribution in [3.63, 3.8) is 0 Å². The van der Waals surface area contributed by atoms with Crippen molar-refractivity contribution in [1.82, 2.24) is 5.32 Å². The maximum absolute atomic E-state index is 12.6. The lowest BCUT2D eigenvalue weighted by molar-refractivity contribution is -0.138. The van der Waals surface area contributed by atoms with Crippen LogP contribution < -0.4 is 10.1 Å². The van der Waals surface area contributed by atoms with Crippen LogP contribution in [0.15, 0.2) is 24.3 Å². The van der Waals surface area contributed by atoms with Crippen molar-refractivity contribution in [2.24, 2.45) is 0 Å². The molecule has 0 heterocycles. The summed E-state index contributed by atoms with van der Waals surface area (Å²) in [4.78, 5) is 0. The molecule has 5 heteroatoms. The first-order valence-electron chi connectivity index (χ1n) is 5.93. The number of hydrogen-bond acceptors (Lipinski definition) is 2. The van der Waals surface area contributed by atoms with Crippen LogP contribution in [0.2, 0.25) is 0 Å². The van der Waals surface area contributed by atoms with E-state index in [9.17, 15) is 13.2 Å². The molecule has 1 N–H and O–H groups in total. The SMILES string of the molecule is CC(C)NCCCOc1ccccc1C(F)(F)F. The van der Waals surface area contributed by atoms with Crippen LogP contribution in [0.25, 0.3) is 0 Å². The van der Waals surface area contributed by atoms with Gasteiger partial charge >= 0.3 is 6.18 Å². The molecule has 0 aliphatic carbocycles. The minimum atomic E-state index is -4.37. The van der Waals surface area contributed by atoms with Gasteiger partial charge in [-0.05, 0) is 25.1 Å². The third-order valence-corrected chi connectivity index (χ3v) is 2.32. The first-order valence-corrected chi connectivity index (χ1v) is 5.93. The molecule has 0 atom stereocenters. The van der Waals surface area contributed by atoms with Crippen molar-refractivity contribution in [1.29, 1.82) is 0 Å². The van der Waals surface area contributed by atoms with E-state index < -0.39 is 11.7 Å².